The second-order valence-corrected chi connectivity index (χ2v) is 21.2. The topological polar surface area (TPSA) is 248 Å². The molecule has 3 fully saturated rings. The first-order valence-electron chi connectivity index (χ1n) is 27.7. The van der Waals surface area contributed by atoms with Gasteiger partial charge in [-0.2, -0.15) is 0 Å². The zero-order valence-electron chi connectivity index (χ0n) is 46.8. The standard InChI is InChI=1S/C16H18BrNO2.C16H19NO2.C16H17NO2.C9H7NO2.C6H10O.CH4O.2CH4.H2O.Pd/c1-20-16(19)11-7-8-12-13(9-11)18-15(17)14(12)10-5-3-2-4-6-10;2*1-19-16(18)12-7-8-13-14(10-17-15(13)9-12)11-5-3-2-4-6-11;11-9(12)7-2-1-6-3-4-10-8(6)5-7;7-6-4-2-1-3-5-6;1-2;;;;/h7-10,18H,2-6H2,1H3;7-11,17H,2-6H2,1H3;5,7-10,17H,2-4,6H2,1H3;1-5,10H,(H,11,12);1-5H2;2H,1H3;2*1H4;1H2;. The smallest absolute Gasteiger partial charge is 0.337 e. The summed E-state index contributed by atoms with van der Waals surface area (Å²) in [7, 11) is 5.22. The van der Waals surface area contributed by atoms with E-state index in [1.807, 2.05) is 66.9 Å². The van der Waals surface area contributed by atoms with Gasteiger partial charge in [0.05, 0.1) is 48.2 Å². The number of nitrogens with one attached hydrogen (secondary N) is 4. The molecule has 12 rings (SSSR count). The fraction of sp³-hybridized carbons (Fsp3) is 0.409. The maximum absolute atomic E-state index is 11.6. The maximum atomic E-state index is 11.6. The first-order chi connectivity index (χ1) is 38.5. The number of carbonyl (C=O) groups excluding carboxylic acids is 4. The predicted molar refractivity (Wildman–Crippen MR) is 333 cm³/mol. The second kappa shape index (κ2) is 35.5. The van der Waals surface area contributed by atoms with Gasteiger partial charge in [0.2, 0.25) is 0 Å². The number of methoxy groups -OCH3 is 3. The van der Waals surface area contributed by atoms with Crippen LogP contribution in [0.3, 0.4) is 0 Å². The number of Topliss-reactive ketones (excluding diaryl/α,β-unsaturated/α-hetero) is 1. The number of rotatable bonds is 7. The van der Waals surface area contributed by atoms with Crippen molar-refractivity contribution in [2.75, 3.05) is 28.4 Å². The number of aromatic amines is 4. The van der Waals surface area contributed by atoms with Crippen LogP contribution in [-0.4, -0.2) is 93.7 Å². The minimum Gasteiger partial charge on any atom is -0.478 e. The number of esters is 3. The summed E-state index contributed by atoms with van der Waals surface area (Å²) in [6.07, 6.45) is 31.5. The van der Waals surface area contributed by atoms with Crippen molar-refractivity contribution in [3.63, 3.8) is 0 Å². The molecule has 0 spiro atoms. The predicted octanol–water partition coefficient (Wildman–Crippen LogP) is 16.1. The molecule has 4 heterocycles. The summed E-state index contributed by atoms with van der Waals surface area (Å²) in [6, 6.07) is 24.1. The summed E-state index contributed by atoms with van der Waals surface area (Å²) < 4.78 is 15.3. The average molecular weight is 1300 g/mol. The molecule has 4 aromatic heterocycles. The van der Waals surface area contributed by atoms with E-state index < -0.39 is 5.97 Å². The average Bonchev–Trinajstić information content (AvgIpc) is 3.41. The van der Waals surface area contributed by atoms with Gasteiger partial charge in [-0.1, -0.05) is 90.1 Å². The Morgan fingerprint density at radius 3 is 1.55 bits per heavy atom. The van der Waals surface area contributed by atoms with E-state index in [1.165, 1.54) is 150 Å². The number of allylic oxidation sites excluding steroid dienone is 2. The number of benzene rings is 4. The Kier molecular flexibility index (Phi) is 30.2. The van der Waals surface area contributed by atoms with Crippen molar-refractivity contribution in [3.05, 3.63) is 147 Å². The SMILES string of the molecule is C.C.CO.COC(=O)c1ccc2c(C3=CCCCC3)c[nH]c2c1.COC(=O)c1ccc2c(C3CCCCC3)c(Br)[nH]c2c1.COC(=O)c1ccc2c(C3CCCCC3)c[nH]c2c1.O.O=C(O)c1ccc2cc[nH]c2c1.O=C1CCCCC1.[Pd]. The van der Waals surface area contributed by atoms with E-state index in [0.717, 1.165) is 71.3 Å². The number of aliphatic hydroxyl groups excluding tert-OH is 1. The number of fused-ring (bicyclic) bond motifs is 4. The Labute approximate surface area is 510 Å². The van der Waals surface area contributed by atoms with Crippen molar-refractivity contribution >= 4 is 94.8 Å². The van der Waals surface area contributed by atoms with Crippen LogP contribution in [0.2, 0.25) is 0 Å². The van der Waals surface area contributed by atoms with E-state index >= 15 is 0 Å². The van der Waals surface area contributed by atoms with Crippen LogP contribution in [0.1, 0.15) is 207 Å². The number of H-pyrrole nitrogens is 4. The van der Waals surface area contributed by atoms with Crippen LogP contribution in [0.15, 0.2) is 108 Å². The Morgan fingerprint density at radius 1 is 0.542 bits per heavy atom. The molecule has 4 aromatic carbocycles. The molecular weight excluding hydrogens is 1210 g/mol. The van der Waals surface area contributed by atoms with Gasteiger partial charge in [-0.3, -0.25) is 4.79 Å². The van der Waals surface area contributed by atoms with Gasteiger partial charge in [0.25, 0.3) is 0 Å². The summed E-state index contributed by atoms with van der Waals surface area (Å²) in [6.45, 7) is 0. The van der Waals surface area contributed by atoms with Crippen LogP contribution in [0, 0.1) is 0 Å². The van der Waals surface area contributed by atoms with Crippen molar-refractivity contribution in [2.45, 2.75) is 149 Å². The molecule has 8 aromatic rings. The van der Waals surface area contributed by atoms with Gasteiger partial charge in [0.15, 0.2) is 0 Å². The number of hydrogen-bond donors (Lipinski definition) is 6. The second-order valence-electron chi connectivity index (χ2n) is 20.4. The van der Waals surface area contributed by atoms with Gasteiger partial charge in [0, 0.05) is 103 Å². The number of carboxylic acid groups (broad SMARTS) is 1. The summed E-state index contributed by atoms with van der Waals surface area (Å²) in [4.78, 5) is 68.5. The molecule has 17 heteroatoms. The Morgan fingerprint density at radius 2 is 1.02 bits per heavy atom. The number of aromatic carboxylic acids is 1. The minimum atomic E-state index is -0.897. The fourth-order valence-electron chi connectivity index (χ4n) is 11.2. The molecule has 4 aliphatic rings. The molecule has 0 saturated heterocycles. The molecule has 0 radical (unpaired) electrons. The van der Waals surface area contributed by atoms with E-state index in [4.69, 9.17) is 24.4 Å². The molecule has 0 bridgehead atoms. The Bertz CT molecular complexity index is 3370. The molecule has 83 heavy (non-hydrogen) atoms. The van der Waals surface area contributed by atoms with Gasteiger partial charge in [0.1, 0.15) is 5.78 Å². The van der Waals surface area contributed by atoms with Crippen molar-refractivity contribution in [2.24, 2.45) is 0 Å². The quantitative estimate of drug-likeness (QED) is 0.0500. The number of hydrogen-bond acceptors (Lipinski definition) is 9. The molecule has 15 nitrogen and oxygen atoms in total. The van der Waals surface area contributed by atoms with Gasteiger partial charge >= 0.3 is 23.9 Å². The molecule has 0 aliphatic heterocycles. The molecule has 0 atom stereocenters. The summed E-state index contributed by atoms with van der Waals surface area (Å²) in [5, 5.41) is 20.3. The van der Waals surface area contributed by atoms with Crippen molar-refractivity contribution < 1.29 is 74.3 Å². The van der Waals surface area contributed by atoms with Crippen LogP contribution >= 0.6 is 15.9 Å². The van der Waals surface area contributed by atoms with Crippen LogP contribution in [-0.2, 0) is 39.4 Å². The first-order valence-corrected chi connectivity index (χ1v) is 28.5. The van der Waals surface area contributed by atoms with Crippen LogP contribution < -0.4 is 0 Å². The summed E-state index contributed by atoms with van der Waals surface area (Å²) in [5.41, 5.74) is 11.4. The Balaban J connectivity index is 0.000000275. The summed E-state index contributed by atoms with van der Waals surface area (Å²) in [5.74, 6) is -0.0115. The van der Waals surface area contributed by atoms with E-state index in [-0.39, 0.29) is 58.7 Å². The van der Waals surface area contributed by atoms with Gasteiger partial charge < -0.3 is 49.8 Å². The van der Waals surface area contributed by atoms with Crippen LogP contribution in [0.4, 0.5) is 0 Å². The third-order valence-electron chi connectivity index (χ3n) is 15.4. The van der Waals surface area contributed by atoms with Gasteiger partial charge in [-0.25, -0.2) is 19.2 Å². The van der Waals surface area contributed by atoms with Crippen LogP contribution in [0.25, 0.3) is 49.2 Å². The van der Waals surface area contributed by atoms with E-state index in [0.29, 0.717) is 39.9 Å². The van der Waals surface area contributed by atoms with E-state index in [9.17, 15) is 24.0 Å². The number of halogens is 1. The normalized spacial score (nSPS) is 14.8. The molecule has 4 aliphatic carbocycles. The zero-order valence-corrected chi connectivity index (χ0v) is 49.9. The fourth-order valence-corrected chi connectivity index (χ4v) is 12.0. The Hall–Kier alpha value is -6.61. The monoisotopic (exact) mass is 1290 g/mol. The van der Waals surface area contributed by atoms with Crippen LogP contribution in [0.5, 0.6) is 0 Å². The number of ether oxygens (including phenoxy) is 3. The van der Waals surface area contributed by atoms with Crippen molar-refractivity contribution in [1.29, 1.82) is 0 Å². The first kappa shape index (κ1) is 70.7. The molecule has 0 unspecified atom stereocenters. The third-order valence-corrected chi connectivity index (χ3v) is 16.0. The summed E-state index contributed by atoms with van der Waals surface area (Å²) >= 11 is 3.65. The number of ketones is 1. The van der Waals surface area contributed by atoms with E-state index in [1.54, 1.807) is 24.4 Å². The van der Waals surface area contributed by atoms with Crippen molar-refractivity contribution in [3.8, 4) is 0 Å². The maximum Gasteiger partial charge on any atom is 0.337 e. The largest absolute Gasteiger partial charge is 0.478 e. The van der Waals surface area contributed by atoms with Crippen molar-refractivity contribution in [1.82, 2.24) is 19.9 Å². The third kappa shape index (κ3) is 18.7. The number of aliphatic hydroxyl groups is 1. The molecule has 452 valence electrons. The molecule has 8 N–H and O–H groups in total. The number of carboxylic acids is 1. The molecular formula is C66H85BrN4O11Pd. The molecule has 0 amide bonds. The zero-order chi connectivity index (χ0) is 56.3. The van der Waals surface area contributed by atoms with E-state index in [2.05, 4.69) is 48.1 Å². The molecule has 3 saturated carbocycles. The minimum absolute atomic E-state index is 0. The van der Waals surface area contributed by atoms with Gasteiger partial charge in [-0.05, 0) is 169 Å². The number of aromatic nitrogens is 4. The number of carbonyl (C=O) groups is 5. The van der Waals surface area contributed by atoms with Gasteiger partial charge in [-0.15, -0.1) is 0 Å².